The van der Waals surface area contributed by atoms with Crippen molar-refractivity contribution in [2.45, 2.75) is 11.8 Å². The van der Waals surface area contributed by atoms with E-state index in [4.69, 9.17) is 9.47 Å². The number of ether oxygens (including phenoxy) is 2. The number of methoxy groups -OCH3 is 2. The first-order valence-corrected chi connectivity index (χ1v) is 10.2. The standard InChI is InChI=1S/C22H22N4O3S/c1-4-30-19-7-5-16(6-8-19)20-13-23-14-21(25-20)22(27)26-24-12-15-9-17(28-2)11-18(10-15)29-3/h5-14H,4H2,1-3H3,(H,26,27). The van der Waals surface area contributed by atoms with Crippen molar-refractivity contribution >= 4 is 23.9 Å². The van der Waals surface area contributed by atoms with Gasteiger partial charge in [-0.3, -0.25) is 9.78 Å². The Hall–Kier alpha value is -3.39. The van der Waals surface area contributed by atoms with Crippen LogP contribution in [0.3, 0.4) is 0 Å². The summed E-state index contributed by atoms with van der Waals surface area (Å²) in [6.45, 7) is 2.11. The van der Waals surface area contributed by atoms with Crippen molar-refractivity contribution in [3.05, 3.63) is 66.1 Å². The summed E-state index contributed by atoms with van der Waals surface area (Å²) in [5.74, 6) is 1.82. The molecule has 8 heteroatoms. The molecular weight excluding hydrogens is 400 g/mol. The molecule has 0 aliphatic heterocycles. The van der Waals surface area contributed by atoms with Gasteiger partial charge in [0.15, 0.2) is 0 Å². The second-order valence-electron chi connectivity index (χ2n) is 6.09. The van der Waals surface area contributed by atoms with E-state index >= 15 is 0 Å². The van der Waals surface area contributed by atoms with Gasteiger partial charge in [-0.05, 0) is 30.0 Å². The average Bonchev–Trinajstić information content (AvgIpc) is 2.79. The molecule has 0 saturated carbocycles. The van der Waals surface area contributed by atoms with Crippen molar-refractivity contribution in [3.63, 3.8) is 0 Å². The molecule has 0 atom stereocenters. The van der Waals surface area contributed by atoms with Crippen LogP contribution >= 0.6 is 11.8 Å². The molecule has 0 aliphatic rings. The molecule has 0 saturated heterocycles. The molecule has 0 fully saturated rings. The van der Waals surface area contributed by atoms with E-state index in [9.17, 15) is 4.79 Å². The lowest BCUT2D eigenvalue weighted by molar-refractivity contribution is 0.0950. The van der Waals surface area contributed by atoms with Gasteiger partial charge in [-0.1, -0.05) is 19.1 Å². The van der Waals surface area contributed by atoms with Crippen LogP contribution in [0.1, 0.15) is 23.0 Å². The van der Waals surface area contributed by atoms with Gasteiger partial charge in [0.05, 0.1) is 38.5 Å². The predicted octanol–water partition coefficient (Wildman–Crippen LogP) is 4.04. The molecule has 0 spiro atoms. The molecule has 30 heavy (non-hydrogen) atoms. The van der Waals surface area contributed by atoms with Gasteiger partial charge < -0.3 is 9.47 Å². The number of amides is 1. The minimum Gasteiger partial charge on any atom is -0.497 e. The second-order valence-corrected chi connectivity index (χ2v) is 7.43. The highest BCUT2D eigenvalue weighted by Crippen LogP contribution is 2.23. The normalized spacial score (nSPS) is 10.8. The van der Waals surface area contributed by atoms with Crippen molar-refractivity contribution in [1.82, 2.24) is 15.4 Å². The summed E-state index contributed by atoms with van der Waals surface area (Å²) >= 11 is 1.77. The molecule has 0 bridgehead atoms. The molecule has 1 aromatic heterocycles. The molecule has 0 radical (unpaired) electrons. The van der Waals surface area contributed by atoms with Crippen LogP contribution in [0.4, 0.5) is 0 Å². The molecule has 1 amide bonds. The number of aromatic nitrogens is 2. The number of benzene rings is 2. The monoisotopic (exact) mass is 422 g/mol. The zero-order chi connectivity index (χ0) is 21.3. The van der Waals surface area contributed by atoms with Gasteiger partial charge in [0.25, 0.3) is 5.91 Å². The topological polar surface area (TPSA) is 85.7 Å². The van der Waals surface area contributed by atoms with Crippen molar-refractivity contribution < 1.29 is 14.3 Å². The molecule has 7 nitrogen and oxygen atoms in total. The van der Waals surface area contributed by atoms with E-state index in [0.29, 0.717) is 17.2 Å². The first-order valence-electron chi connectivity index (χ1n) is 9.24. The van der Waals surface area contributed by atoms with Gasteiger partial charge >= 0.3 is 0 Å². The fourth-order valence-electron chi connectivity index (χ4n) is 2.63. The lowest BCUT2D eigenvalue weighted by atomic mass is 10.1. The average molecular weight is 423 g/mol. The van der Waals surface area contributed by atoms with Crippen LogP contribution < -0.4 is 14.9 Å². The van der Waals surface area contributed by atoms with Crippen LogP contribution in [-0.2, 0) is 0 Å². The highest BCUT2D eigenvalue weighted by Gasteiger charge is 2.09. The number of rotatable bonds is 8. The quantitative estimate of drug-likeness (QED) is 0.335. The largest absolute Gasteiger partial charge is 0.497 e. The summed E-state index contributed by atoms with van der Waals surface area (Å²) in [5.41, 5.74) is 4.88. The van der Waals surface area contributed by atoms with E-state index in [-0.39, 0.29) is 5.69 Å². The molecule has 154 valence electrons. The van der Waals surface area contributed by atoms with Gasteiger partial charge in [-0.2, -0.15) is 5.10 Å². The number of nitrogens with zero attached hydrogens (tertiary/aromatic N) is 3. The van der Waals surface area contributed by atoms with Gasteiger partial charge in [0.2, 0.25) is 0 Å². The molecule has 3 aromatic rings. The van der Waals surface area contributed by atoms with Crippen LogP contribution in [-0.4, -0.2) is 42.1 Å². The summed E-state index contributed by atoms with van der Waals surface area (Å²) in [5, 5.41) is 4.00. The highest BCUT2D eigenvalue weighted by molar-refractivity contribution is 7.99. The Morgan fingerprint density at radius 1 is 1.10 bits per heavy atom. The third-order valence-electron chi connectivity index (χ3n) is 4.08. The van der Waals surface area contributed by atoms with Crippen molar-refractivity contribution in [2.24, 2.45) is 5.10 Å². The molecule has 0 aliphatic carbocycles. The fourth-order valence-corrected chi connectivity index (χ4v) is 3.29. The Morgan fingerprint density at radius 3 is 2.43 bits per heavy atom. The third-order valence-corrected chi connectivity index (χ3v) is 4.98. The van der Waals surface area contributed by atoms with Crippen LogP contribution in [0.5, 0.6) is 11.5 Å². The number of carbonyl (C=O) groups excluding carboxylic acids is 1. The Balaban J connectivity index is 1.70. The summed E-state index contributed by atoms with van der Waals surface area (Å²) < 4.78 is 10.4. The van der Waals surface area contributed by atoms with Crippen molar-refractivity contribution in [1.29, 1.82) is 0 Å². The maximum atomic E-state index is 12.4. The first kappa shape index (κ1) is 21.3. The molecule has 3 rings (SSSR count). The van der Waals surface area contributed by atoms with Gasteiger partial charge in [-0.25, -0.2) is 10.4 Å². The smallest absolute Gasteiger partial charge is 0.291 e. The Bertz CT molecular complexity index is 1020. The van der Waals surface area contributed by atoms with E-state index < -0.39 is 5.91 Å². The zero-order valence-electron chi connectivity index (χ0n) is 17.0. The molecule has 1 N–H and O–H groups in total. The summed E-state index contributed by atoms with van der Waals surface area (Å²) in [6, 6.07) is 13.3. The number of hydrazone groups is 1. The second kappa shape index (κ2) is 10.4. The summed E-state index contributed by atoms with van der Waals surface area (Å²) in [7, 11) is 3.14. The number of carbonyl (C=O) groups is 1. The third kappa shape index (κ3) is 5.57. The van der Waals surface area contributed by atoms with Gasteiger partial charge in [0, 0.05) is 22.1 Å². The highest BCUT2D eigenvalue weighted by atomic mass is 32.2. The number of hydrogen-bond donors (Lipinski definition) is 1. The van der Waals surface area contributed by atoms with Gasteiger partial charge in [-0.15, -0.1) is 11.8 Å². The van der Waals surface area contributed by atoms with E-state index in [2.05, 4.69) is 27.4 Å². The molecular formula is C22H22N4O3S. The Morgan fingerprint density at radius 2 is 1.80 bits per heavy atom. The molecule has 2 aromatic carbocycles. The van der Waals surface area contributed by atoms with E-state index in [1.165, 1.54) is 17.3 Å². The van der Waals surface area contributed by atoms with Crippen molar-refractivity contribution in [3.8, 4) is 22.8 Å². The number of hydrogen-bond acceptors (Lipinski definition) is 7. The van der Waals surface area contributed by atoms with E-state index in [0.717, 1.165) is 16.9 Å². The maximum Gasteiger partial charge on any atom is 0.291 e. The Kier molecular flexibility index (Phi) is 7.40. The lowest BCUT2D eigenvalue weighted by Gasteiger charge is -2.06. The molecule has 1 heterocycles. The van der Waals surface area contributed by atoms with Crippen LogP contribution in [0.25, 0.3) is 11.3 Å². The minimum absolute atomic E-state index is 0.180. The van der Waals surface area contributed by atoms with E-state index in [1.54, 1.807) is 50.4 Å². The SMILES string of the molecule is CCSc1ccc(-c2cncc(C(=O)NN=Cc3cc(OC)cc(OC)c3)n2)cc1. The maximum absolute atomic E-state index is 12.4. The number of nitrogens with one attached hydrogen (secondary N) is 1. The Labute approximate surface area is 179 Å². The van der Waals surface area contributed by atoms with Crippen molar-refractivity contribution in [2.75, 3.05) is 20.0 Å². The summed E-state index contributed by atoms with van der Waals surface area (Å²) in [4.78, 5) is 22.2. The first-order chi connectivity index (χ1) is 14.6. The molecule has 0 unspecified atom stereocenters. The minimum atomic E-state index is -0.450. The zero-order valence-corrected chi connectivity index (χ0v) is 17.8. The van der Waals surface area contributed by atoms with Crippen LogP contribution in [0.2, 0.25) is 0 Å². The lowest BCUT2D eigenvalue weighted by Crippen LogP contribution is -2.19. The van der Waals surface area contributed by atoms with E-state index in [1.807, 2.05) is 24.3 Å². The van der Waals surface area contributed by atoms with Crippen LogP contribution in [0, 0.1) is 0 Å². The van der Waals surface area contributed by atoms with Gasteiger partial charge in [0.1, 0.15) is 17.2 Å². The van der Waals surface area contributed by atoms with Crippen LogP contribution in [0.15, 0.2) is 64.9 Å². The summed E-state index contributed by atoms with van der Waals surface area (Å²) in [6.07, 6.45) is 4.54. The fraction of sp³-hybridized carbons (Fsp3) is 0.182. The number of thioether (sulfide) groups is 1. The predicted molar refractivity (Wildman–Crippen MR) is 118 cm³/mol.